The van der Waals surface area contributed by atoms with Gasteiger partial charge in [0.05, 0.1) is 13.2 Å². The Bertz CT molecular complexity index is 610. The van der Waals surface area contributed by atoms with Crippen molar-refractivity contribution in [3.8, 4) is 0 Å². The Hall–Kier alpha value is -2.40. The van der Waals surface area contributed by atoms with Gasteiger partial charge in [0.2, 0.25) is 0 Å². The Morgan fingerprint density at radius 1 is 0.826 bits per heavy atom. The molecule has 23 heavy (non-hydrogen) atoms. The zero-order chi connectivity index (χ0) is 16.3. The minimum Gasteiger partial charge on any atom is -0.381 e. The van der Waals surface area contributed by atoms with E-state index >= 15 is 0 Å². The maximum atomic E-state index is 5.53. The van der Waals surface area contributed by atoms with Crippen LogP contribution in [0.15, 0.2) is 46.4 Å². The van der Waals surface area contributed by atoms with Gasteiger partial charge in [0.1, 0.15) is 0 Å². The Balaban J connectivity index is 1.57. The largest absolute Gasteiger partial charge is 0.381 e. The molecule has 120 valence electrons. The van der Waals surface area contributed by atoms with Crippen LogP contribution < -0.4 is 0 Å². The minimum atomic E-state index is 0.645. The first kappa shape index (κ1) is 17.0. The molecule has 0 spiro atoms. The molecule has 5 nitrogen and oxygen atoms in total. The van der Waals surface area contributed by atoms with Crippen molar-refractivity contribution in [1.82, 2.24) is 9.97 Å². The van der Waals surface area contributed by atoms with E-state index in [2.05, 4.69) is 20.0 Å². The first-order chi connectivity index (χ1) is 11.2. The third kappa shape index (κ3) is 6.93. The van der Waals surface area contributed by atoms with Crippen LogP contribution in [-0.2, 0) is 4.74 Å². The Labute approximate surface area is 137 Å². The van der Waals surface area contributed by atoms with Crippen LogP contribution in [0.3, 0.4) is 0 Å². The lowest BCUT2D eigenvalue weighted by Crippen LogP contribution is -1.98. The van der Waals surface area contributed by atoms with Crippen LogP contribution >= 0.6 is 0 Å². The Morgan fingerprint density at radius 3 is 1.74 bits per heavy atom. The molecule has 0 aliphatic carbocycles. The first-order valence-electron chi connectivity index (χ1n) is 7.74. The fourth-order valence-electron chi connectivity index (χ4n) is 1.89. The molecular formula is C18H22N4O. The molecule has 0 aliphatic rings. The van der Waals surface area contributed by atoms with Crippen molar-refractivity contribution in [3.63, 3.8) is 0 Å². The molecule has 2 rings (SSSR count). The van der Waals surface area contributed by atoms with Crippen LogP contribution in [0.5, 0.6) is 0 Å². The Kier molecular flexibility index (Phi) is 7.07. The molecule has 0 aromatic carbocycles. The number of aryl methyl sites for hydroxylation is 2. The van der Waals surface area contributed by atoms with Gasteiger partial charge in [-0.25, -0.2) is 20.0 Å². The number of rotatable bonds is 8. The van der Waals surface area contributed by atoms with E-state index in [1.165, 1.54) is 0 Å². The summed E-state index contributed by atoms with van der Waals surface area (Å²) in [4.78, 5) is 17.2. The van der Waals surface area contributed by atoms with Gasteiger partial charge in [0.25, 0.3) is 0 Å². The highest BCUT2D eigenvalue weighted by molar-refractivity contribution is 5.62. The molecule has 0 saturated carbocycles. The van der Waals surface area contributed by atoms with E-state index in [0.29, 0.717) is 13.2 Å². The summed E-state index contributed by atoms with van der Waals surface area (Å²) in [5, 5.41) is 0. The smallest absolute Gasteiger partial charge is 0.151 e. The normalized spacial score (nSPS) is 11.6. The number of ether oxygens (including phenoxy) is 1. The highest BCUT2D eigenvalue weighted by Crippen LogP contribution is 2.08. The van der Waals surface area contributed by atoms with Crippen molar-refractivity contribution in [3.05, 3.63) is 47.8 Å². The van der Waals surface area contributed by atoms with Crippen molar-refractivity contribution in [1.29, 1.82) is 0 Å². The zero-order valence-electron chi connectivity index (χ0n) is 13.6. The average molecular weight is 310 g/mol. The van der Waals surface area contributed by atoms with Crippen LogP contribution in [-0.4, -0.2) is 35.6 Å². The summed E-state index contributed by atoms with van der Waals surface area (Å²) in [6, 6.07) is 11.6. The fraction of sp³-hybridized carbons (Fsp3) is 0.333. The quantitative estimate of drug-likeness (QED) is 0.547. The van der Waals surface area contributed by atoms with Crippen molar-refractivity contribution >= 4 is 24.1 Å². The average Bonchev–Trinajstić information content (AvgIpc) is 2.53. The van der Waals surface area contributed by atoms with Crippen molar-refractivity contribution in [2.24, 2.45) is 9.98 Å². The molecule has 5 heteroatoms. The predicted molar refractivity (Wildman–Crippen MR) is 94.3 cm³/mol. The van der Waals surface area contributed by atoms with Gasteiger partial charge in [-0.1, -0.05) is 12.1 Å². The molecular weight excluding hydrogens is 288 g/mol. The number of hydrogen-bond donors (Lipinski definition) is 0. The lowest BCUT2D eigenvalue weighted by atomic mass is 10.4. The van der Waals surface area contributed by atoms with Crippen molar-refractivity contribution < 1.29 is 4.74 Å². The van der Waals surface area contributed by atoms with E-state index in [-0.39, 0.29) is 0 Å². The maximum Gasteiger partial charge on any atom is 0.151 e. The Morgan fingerprint density at radius 2 is 1.30 bits per heavy atom. The van der Waals surface area contributed by atoms with Gasteiger partial charge in [0.15, 0.2) is 11.6 Å². The summed E-state index contributed by atoms with van der Waals surface area (Å²) < 4.78 is 5.53. The second kappa shape index (κ2) is 9.58. The van der Waals surface area contributed by atoms with E-state index in [1.807, 2.05) is 62.7 Å². The van der Waals surface area contributed by atoms with Crippen molar-refractivity contribution in [2.75, 3.05) is 13.2 Å². The van der Waals surface area contributed by atoms with Crippen LogP contribution in [0.1, 0.15) is 24.2 Å². The van der Waals surface area contributed by atoms with Crippen LogP contribution in [0.4, 0.5) is 11.6 Å². The summed E-state index contributed by atoms with van der Waals surface area (Å²) in [5.41, 5.74) is 1.94. The molecule has 0 saturated heterocycles. The SMILES string of the molecule is Cc1cccc(N=CCCOCCC=Nc2cccc(C)n2)n1. The predicted octanol–water partition coefficient (Wildman–Crippen LogP) is 4.00. The lowest BCUT2D eigenvalue weighted by molar-refractivity contribution is 0.149. The van der Waals surface area contributed by atoms with Gasteiger partial charge in [-0.2, -0.15) is 0 Å². The summed E-state index contributed by atoms with van der Waals surface area (Å²) in [6.45, 7) is 5.20. The van der Waals surface area contributed by atoms with E-state index in [0.717, 1.165) is 35.9 Å². The topological polar surface area (TPSA) is 59.7 Å². The third-order valence-corrected chi connectivity index (χ3v) is 2.98. The summed E-state index contributed by atoms with van der Waals surface area (Å²) >= 11 is 0. The standard InChI is InChI=1S/C18H22N4O/c1-15-7-3-9-17(21-15)19-11-5-13-23-14-6-12-20-18-10-4-8-16(2)22-18/h3-4,7-12H,5-6,13-14H2,1-2H3. The third-order valence-electron chi connectivity index (χ3n) is 2.98. The highest BCUT2D eigenvalue weighted by Gasteiger charge is 1.91. The van der Waals surface area contributed by atoms with Gasteiger partial charge in [-0.3, -0.25) is 0 Å². The molecule has 0 N–H and O–H groups in total. The van der Waals surface area contributed by atoms with E-state index in [9.17, 15) is 0 Å². The number of hydrogen-bond acceptors (Lipinski definition) is 5. The van der Waals surface area contributed by atoms with Gasteiger partial charge in [-0.05, 0) is 38.1 Å². The monoisotopic (exact) mass is 310 g/mol. The molecule has 2 heterocycles. The zero-order valence-corrected chi connectivity index (χ0v) is 13.6. The summed E-state index contributed by atoms with van der Waals surface area (Å²) in [7, 11) is 0. The highest BCUT2D eigenvalue weighted by atomic mass is 16.5. The summed E-state index contributed by atoms with van der Waals surface area (Å²) in [5.74, 6) is 1.48. The molecule has 0 aliphatic heterocycles. The second-order valence-electron chi connectivity index (χ2n) is 5.09. The van der Waals surface area contributed by atoms with Gasteiger partial charge < -0.3 is 4.74 Å². The van der Waals surface area contributed by atoms with Crippen LogP contribution in [0, 0.1) is 13.8 Å². The molecule has 0 bridgehead atoms. The number of pyridine rings is 2. The lowest BCUT2D eigenvalue weighted by Gasteiger charge is -1.99. The van der Waals surface area contributed by atoms with Crippen molar-refractivity contribution in [2.45, 2.75) is 26.7 Å². The molecule has 2 aromatic heterocycles. The van der Waals surface area contributed by atoms with Gasteiger partial charge in [-0.15, -0.1) is 0 Å². The summed E-state index contributed by atoms with van der Waals surface area (Å²) in [6.07, 6.45) is 5.22. The van der Waals surface area contributed by atoms with E-state index in [4.69, 9.17) is 4.74 Å². The van der Waals surface area contributed by atoms with Crippen LogP contribution in [0.25, 0.3) is 0 Å². The fourth-order valence-corrected chi connectivity index (χ4v) is 1.89. The van der Waals surface area contributed by atoms with Crippen LogP contribution in [0.2, 0.25) is 0 Å². The molecule has 0 radical (unpaired) electrons. The van der Waals surface area contributed by atoms with Gasteiger partial charge in [0, 0.05) is 36.7 Å². The minimum absolute atomic E-state index is 0.645. The maximum absolute atomic E-state index is 5.53. The number of aliphatic imine (C=N–C) groups is 2. The molecule has 0 fully saturated rings. The van der Waals surface area contributed by atoms with E-state index < -0.39 is 0 Å². The molecule has 0 unspecified atom stereocenters. The van der Waals surface area contributed by atoms with Gasteiger partial charge >= 0.3 is 0 Å². The molecule has 0 amide bonds. The van der Waals surface area contributed by atoms with E-state index in [1.54, 1.807) is 0 Å². The first-order valence-corrected chi connectivity index (χ1v) is 7.74. The molecule has 0 atom stereocenters. The molecule has 2 aromatic rings. The second-order valence-corrected chi connectivity index (χ2v) is 5.09. The number of nitrogens with zero attached hydrogens (tertiary/aromatic N) is 4. The number of aromatic nitrogens is 2.